The molecule has 2 aromatic carbocycles. The summed E-state index contributed by atoms with van der Waals surface area (Å²) in [5, 5.41) is 20.3. The standard InChI is InChI=1S/C25H28N4O3S/c1-17(2)33(32)21-9-7-20(8-10-21)23-15-28-16-24(29-23)25(31)13-22(26)19-5-3-18(4-6-19)14-27-11-12-30/h3-10,15-17,26-27,30H,11-14H2,1-2H3. The molecule has 33 heavy (non-hydrogen) atoms. The van der Waals surface area contributed by atoms with E-state index in [-0.39, 0.29) is 35.5 Å². The van der Waals surface area contributed by atoms with E-state index >= 15 is 0 Å². The Hall–Kier alpha value is -3.07. The number of carbonyl (C=O) groups is 1. The van der Waals surface area contributed by atoms with Crippen LogP contribution in [-0.2, 0) is 17.3 Å². The monoisotopic (exact) mass is 464 g/mol. The van der Waals surface area contributed by atoms with E-state index in [0.29, 0.717) is 24.3 Å². The average Bonchev–Trinajstić information content (AvgIpc) is 2.84. The van der Waals surface area contributed by atoms with Crippen LogP contribution in [0.1, 0.15) is 41.9 Å². The summed E-state index contributed by atoms with van der Waals surface area (Å²) in [5.41, 5.74) is 3.45. The molecule has 0 aliphatic heterocycles. The Morgan fingerprint density at radius 1 is 1.09 bits per heavy atom. The van der Waals surface area contributed by atoms with Crippen LogP contribution in [-0.4, -0.2) is 49.2 Å². The van der Waals surface area contributed by atoms with Crippen molar-refractivity contribution < 1.29 is 14.1 Å². The Morgan fingerprint density at radius 3 is 2.42 bits per heavy atom. The van der Waals surface area contributed by atoms with E-state index in [1.54, 1.807) is 18.3 Å². The number of hydrogen-bond donors (Lipinski definition) is 3. The first-order valence-corrected chi connectivity index (χ1v) is 11.9. The lowest BCUT2D eigenvalue weighted by atomic mass is 10.0. The first-order chi connectivity index (χ1) is 15.9. The van der Waals surface area contributed by atoms with Crippen LogP contribution in [0.3, 0.4) is 0 Å². The van der Waals surface area contributed by atoms with Gasteiger partial charge in [0.05, 0.1) is 41.9 Å². The van der Waals surface area contributed by atoms with Crippen LogP contribution >= 0.6 is 0 Å². The van der Waals surface area contributed by atoms with Crippen molar-refractivity contribution in [3.8, 4) is 11.3 Å². The number of nitrogens with one attached hydrogen (secondary N) is 2. The molecule has 8 heteroatoms. The molecule has 172 valence electrons. The highest BCUT2D eigenvalue weighted by atomic mass is 32.2. The Morgan fingerprint density at radius 2 is 1.79 bits per heavy atom. The molecule has 1 aromatic heterocycles. The van der Waals surface area contributed by atoms with Crippen LogP contribution in [0.2, 0.25) is 0 Å². The third kappa shape index (κ3) is 6.71. The van der Waals surface area contributed by atoms with Gasteiger partial charge in [-0.05, 0) is 23.3 Å². The molecule has 7 nitrogen and oxygen atoms in total. The van der Waals surface area contributed by atoms with Gasteiger partial charge in [0.15, 0.2) is 5.78 Å². The van der Waals surface area contributed by atoms with Crippen LogP contribution in [0.15, 0.2) is 65.8 Å². The minimum absolute atomic E-state index is 0.0334. The van der Waals surface area contributed by atoms with Gasteiger partial charge in [-0.25, -0.2) is 4.98 Å². The first-order valence-electron chi connectivity index (χ1n) is 10.7. The summed E-state index contributed by atoms with van der Waals surface area (Å²) in [6.07, 6.45) is 2.92. The molecule has 0 bridgehead atoms. The van der Waals surface area contributed by atoms with Crippen molar-refractivity contribution in [3.05, 3.63) is 77.7 Å². The minimum Gasteiger partial charge on any atom is -0.395 e. The Labute approximate surface area is 196 Å². The molecular weight excluding hydrogens is 436 g/mol. The molecule has 0 aliphatic carbocycles. The summed E-state index contributed by atoms with van der Waals surface area (Å²) in [4.78, 5) is 22.1. The van der Waals surface area contributed by atoms with Crippen LogP contribution in [0.25, 0.3) is 11.3 Å². The largest absolute Gasteiger partial charge is 0.395 e. The molecule has 1 heterocycles. The molecule has 0 amide bonds. The van der Waals surface area contributed by atoms with Gasteiger partial charge in [0.1, 0.15) is 5.69 Å². The number of rotatable bonds is 11. The number of nitrogens with zero attached hydrogens (tertiary/aromatic N) is 2. The zero-order valence-electron chi connectivity index (χ0n) is 18.7. The summed E-state index contributed by atoms with van der Waals surface area (Å²) in [5.74, 6) is -0.277. The van der Waals surface area contributed by atoms with Gasteiger partial charge in [0, 0.05) is 34.5 Å². The molecule has 3 aromatic rings. The molecule has 0 aliphatic rings. The number of aromatic nitrogens is 2. The molecule has 0 saturated carbocycles. The molecule has 1 unspecified atom stereocenters. The molecule has 0 fully saturated rings. The van der Waals surface area contributed by atoms with Gasteiger partial charge in [-0.3, -0.25) is 14.0 Å². The molecule has 3 rings (SSSR count). The Kier molecular flexibility index (Phi) is 8.71. The van der Waals surface area contributed by atoms with Crippen LogP contribution < -0.4 is 5.32 Å². The Balaban J connectivity index is 1.67. The summed E-state index contributed by atoms with van der Waals surface area (Å²) in [7, 11) is -1.07. The number of aliphatic hydroxyl groups is 1. The van der Waals surface area contributed by atoms with E-state index in [0.717, 1.165) is 16.0 Å². The van der Waals surface area contributed by atoms with E-state index in [4.69, 9.17) is 10.5 Å². The van der Waals surface area contributed by atoms with Crippen molar-refractivity contribution in [2.24, 2.45) is 0 Å². The van der Waals surface area contributed by atoms with Crippen molar-refractivity contribution in [2.75, 3.05) is 13.2 Å². The quantitative estimate of drug-likeness (QED) is 0.228. The second kappa shape index (κ2) is 11.7. The highest BCUT2D eigenvalue weighted by molar-refractivity contribution is 7.85. The molecule has 0 saturated heterocycles. The molecule has 0 spiro atoms. The number of carbonyl (C=O) groups excluding carboxylic acids is 1. The van der Waals surface area contributed by atoms with E-state index < -0.39 is 10.8 Å². The maximum Gasteiger partial charge on any atom is 0.188 e. The summed E-state index contributed by atoms with van der Waals surface area (Å²) >= 11 is 0. The van der Waals surface area contributed by atoms with Crippen LogP contribution in [0.5, 0.6) is 0 Å². The maximum absolute atomic E-state index is 12.8. The van der Waals surface area contributed by atoms with E-state index in [1.807, 2.05) is 50.2 Å². The smallest absolute Gasteiger partial charge is 0.188 e. The lowest BCUT2D eigenvalue weighted by Gasteiger charge is -2.08. The zero-order valence-corrected chi connectivity index (χ0v) is 19.6. The predicted molar refractivity (Wildman–Crippen MR) is 130 cm³/mol. The van der Waals surface area contributed by atoms with Crippen molar-refractivity contribution in [2.45, 2.75) is 37.0 Å². The van der Waals surface area contributed by atoms with Gasteiger partial charge < -0.3 is 15.8 Å². The summed E-state index contributed by atoms with van der Waals surface area (Å²) in [6.45, 7) is 5.05. The van der Waals surface area contributed by atoms with E-state index in [9.17, 15) is 9.00 Å². The molecule has 1 atom stereocenters. The number of Topliss-reactive ketones (excluding diaryl/α,β-unsaturated/α-hetero) is 1. The fourth-order valence-electron chi connectivity index (χ4n) is 3.16. The fraction of sp³-hybridized carbons (Fsp3) is 0.280. The van der Waals surface area contributed by atoms with Gasteiger partial charge >= 0.3 is 0 Å². The molecule has 3 N–H and O–H groups in total. The van der Waals surface area contributed by atoms with Gasteiger partial charge in [-0.2, -0.15) is 0 Å². The molecular formula is C25H28N4O3S. The normalized spacial score (nSPS) is 12.0. The van der Waals surface area contributed by atoms with Crippen molar-refractivity contribution in [1.82, 2.24) is 15.3 Å². The SMILES string of the molecule is CC(C)S(=O)c1ccc(-c2cncc(C(=O)CC(=N)c3ccc(CNCCO)cc3)n2)cc1. The maximum atomic E-state index is 12.8. The zero-order chi connectivity index (χ0) is 23.8. The predicted octanol–water partition coefficient (Wildman–Crippen LogP) is 3.38. The minimum atomic E-state index is -1.07. The lowest BCUT2D eigenvalue weighted by Crippen LogP contribution is -2.17. The van der Waals surface area contributed by atoms with E-state index in [1.165, 1.54) is 6.20 Å². The highest BCUT2D eigenvalue weighted by Crippen LogP contribution is 2.20. The fourth-order valence-corrected chi connectivity index (χ4v) is 4.11. The van der Waals surface area contributed by atoms with Crippen molar-refractivity contribution >= 4 is 22.3 Å². The second-order valence-corrected chi connectivity index (χ2v) is 9.84. The summed E-state index contributed by atoms with van der Waals surface area (Å²) in [6, 6.07) is 14.7. The average molecular weight is 465 g/mol. The van der Waals surface area contributed by atoms with Gasteiger partial charge in [0.25, 0.3) is 0 Å². The number of benzene rings is 2. The Bertz CT molecular complexity index is 1130. The lowest BCUT2D eigenvalue weighted by molar-refractivity contribution is 0.0995. The molecule has 0 radical (unpaired) electrons. The van der Waals surface area contributed by atoms with Gasteiger partial charge in [-0.1, -0.05) is 50.2 Å². The van der Waals surface area contributed by atoms with Crippen LogP contribution in [0, 0.1) is 5.41 Å². The first kappa shape index (κ1) is 24.6. The number of hydrogen-bond acceptors (Lipinski definition) is 7. The van der Waals surface area contributed by atoms with Gasteiger partial charge in [-0.15, -0.1) is 0 Å². The number of ketones is 1. The second-order valence-electron chi connectivity index (χ2n) is 7.84. The van der Waals surface area contributed by atoms with Gasteiger partial charge in [0.2, 0.25) is 0 Å². The summed E-state index contributed by atoms with van der Waals surface area (Å²) < 4.78 is 12.2. The van der Waals surface area contributed by atoms with Crippen molar-refractivity contribution in [3.63, 3.8) is 0 Å². The van der Waals surface area contributed by atoms with Crippen LogP contribution in [0.4, 0.5) is 0 Å². The van der Waals surface area contributed by atoms with Crippen molar-refractivity contribution in [1.29, 1.82) is 5.41 Å². The van der Waals surface area contributed by atoms with E-state index in [2.05, 4.69) is 15.3 Å². The number of aliphatic hydroxyl groups excluding tert-OH is 1. The topological polar surface area (TPSA) is 116 Å². The highest BCUT2D eigenvalue weighted by Gasteiger charge is 2.14. The third-order valence-corrected chi connectivity index (χ3v) is 6.58. The third-order valence-electron chi connectivity index (χ3n) is 4.99.